The van der Waals surface area contributed by atoms with Gasteiger partial charge in [-0.2, -0.15) is 5.10 Å². The summed E-state index contributed by atoms with van der Waals surface area (Å²) in [4.78, 5) is 25.4. The van der Waals surface area contributed by atoms with E-state index in [1.54, 1.807) is 31.2 Å². The summed E-state index contributed by atoms with van der Waals surface area (Å²) in [6.07, 6.45) is 1.40. The molecule has 6 nitrogen and oxygen atoms in total. The van der Waals surface area contributed by atoms with Crippen molar-refractivity contribution >= 4 is 35.4 Å². The summed E-state index contributed by atoms with van der Waals surface area (Å²) in [6.45, 7) is 1.69. The van der Waals surface area contributed by atoms with Gasteiger partial charge in [-0.25, -0.2) is 0 Å². The van der Waals surface area contributed by atoms with Crippen molar-refractivity contribution in [1.82, 2.24) is 10.3 Å². The van der Waals surface area contributed by atoms with E-state index < -0.39 is 6.04 Å². The SMILES string of the molecule is CC(/C=N/NC(N)=S)N1C(=O)c2ccccc2C1=O. The van der Waals surface area contributed by atoms with Gasteiger partial charge >= 0.3 is 0 Å². The van der Waals surface area contributed by atoms with Gasteiger partial charge in [0.25, 0.3) is 11.8 Å². The number of hydrazone groups is 1. The van der Waals surface area contributed by atoms with Crippen LogP contribution in [0.1, 0.15) is 27.6 Å². The average Bonchev–Trinajstić information content (AvgIpc) is 2.62. The lowest BCUT2D eigenvalue weighted by molar-refractivity contribution is 0.0637. The number of hydrogen-bond acceptors (Lipinski definition) is 4. The van der Waals surface area contributed by atoms with Gasteiger partial charge in [0, 0.05) is 6.21 Å². The van der Waals surface area contributed by atoms with Crippen molar-refractivity contribution < 1.29 is 9.59 Å². The van der Waals surface area contributed by atoms with Crippen molar-refractivity contribution in [2.45, 2.75) is 13.0 Å². The third-order valence-corrected chi connectivity index (χ3v) is 2.79. The van der Waals surface area contributed by atoms with E-state index in [4.69, 9.17) is 5.73 Å². The number of nitrogens with two attached hydrogens (primary N) is 1. The van der Waals surface area contributed by atoms with E-state index in [1.807, 2.05) is 0 Å². The van der Waals surface area contributed by atoms with Crippen molar-refractivity contribution in [3.63, 3.8) is 0 Å². The van der Waals surface area contributed by atoms with Crippen LogP contribution in [0.3, 0.4) is 0 Å². The number of fused-ring (bicyclic) bond motifs is 1. The lowest BCUT2D eigenvalue weighted by Gasteiger charge is -2.18. The molecule has 0 saturated carbocycles. The maximum absolute atomic E-state index is 12.1. The van der Waals surface area contributed by atoms with E-state index in [0.29, 0.717) is 11.1 Å². The maximum atomic E-state index is 12.1. The van der Waals surface area contributed by atoms with Crippen LogP contribution < -0.4 is 11.2 Å². The van der Waals surface area contributed by atoms with Crippen LogP contribution in [0.15, 0.2) is 29.4 Å². The molecule has 19 heavy (non-hydrogen) atoms. The molecule has 1 heterocycles. The van der Waals surface area contributed by atoms with E-state index in [9.17, 15) is 9.59 Å². The smallest absolute Gasteiger partial charge is 0.262 e. The summed E-state index contributed by atoms with van der Waals surface area (Å²) in [5.74, 6) is -0.648. The lowest BCUT2D eigenvalue weighted by Crippen LogP contribution is -2.39. The van der Waals surface area contributed by atoms with Crippen LogP contribution in [0, 0.1) is 0 Å². The van der Waals surface area contributed by atoms with Gasteiger partial charge in [0.15, 0.2) is 5.11 Å². The summed E-state index contributed by atoms with van der Waals surface area (Å²) in [5.41, 5.74) is 8.42. The van der Waals surface area contributed by atoms with Crippen molar-refractivity contribution in [3.8, 4) is 0 Å². The first-order chi connectivity index (χ1) is 9.02. The number of carbonyl (C=O) groups is 2. The highest BCUT2D eigenvalue weighted by Crippen LogP contribution is 2.23. The van der Waals surface area contributed by atoms with Crippen molar-refractivity contribution in [1.29, 1.82) is 0 Å². The molecule has 0 aliphatic carbocycles. The van der Waals surface area contributed by atoms with E-state index in [0.717, 1.165) is 4.90 Å². The molecule has 2 rings (SSSR count). The van der Waals surface area contributed by atoms with E-state index >= 15 is 0 Å². The zero-order valence-corrected chi connectivity index (χ0v) is 11.0. The van der Waals surface area contributed by atoms with E-state index in [-0.39, 0.29) is 16.9 Å². The highest BCUT2D eigenvalue weighted by Gasteiger charge is 2.37. The fraction of sp³-hybridized carbons (Fsp3) is 0.167. The van der Waals surface area contributed by atoms with Gasteiger partial charge in [-0.05, 0) is 31.3 Å². The number of hydrogen-bond donors (Lipinski definition) is 2. The van der Waals surface area contributed by atoms with Crippen LogP contribution in [-0.2, 0) is 0 Å². The minimum absolute atomic E-state index is 0.0193. The molecule has 1 aliphatic heterocycles. The largest absolute Gasteiger partial charge is 0.375 e. The molecule has 0 fully saturated rings. The second-order valence-electron chi connectivity index (χ2n) is 4.02. The van der Waals surface area contributed by atoms with E-state index in [1.165, 1.54) is 6.21 Å². The Bertz CT molecular complexity index is 550. The molecule has 0 bridgehead atoms. The van der Waals surface area contributed by atoms with Crippen LogP contribution in [0.4, 0.5) is 0 Å². The predicted molar refractivity (Wildman–Crippen MR) is 74.8 cm³/mol. The highest BCUT2D eigenvalue weighted by atomic mass is 32.1. The lowest BCUT2D eigenvalue weighted by atomic mass is 10.1. The molecule has 1 atom stereocenters. The number of thiocarbonyl (C=S) groups is 1. The van der Waals surface area contributed by atoms with Gasteiger partial charge < -0.3 is 5.73 Å². The number of benzene rings is 1. The summed E-state index contributed by atoms with van der Waals surface area (Å²) < 4.78 is 0. The zero-order chi connectivity index (χ0) is 14.0. The first kappa shape index (κ1) is 13.2. The van der Waals surface area contributed by atoms with Crippen molar-refractivity contribution in [2.75, 3.05) is 0 Å². The van der Waals surface area contributed by atoms with Gasteiger partial charge in [-0.1, -0.05) is 12.1 Å². The van der Waals surface area contributed by atoms with Crippen LogP contribution in [-0.4, -0.2) is 34.1 Å². The van der Waals surface area contributed by atoms with Crippen LogP contribution in [0.5, 0.6) is 0 Å². The quantitative estimate of drug-likeness (QED) is 0.363. The van der Waals surface area contributed by atoms with Crippen LogP contribution in [0.2, 0.25) is 0 Å². The number of nitrogens with zero attached hydrogens (tertiary/aromatic N) is 2. The van der Waals surface area contributed by atoms with Gasteiger partial charge in [0.2, 0.25) is 0 Å². The third-order valence-electron chi connectivity index (χ3n) is 2.70. The number of rotatable bonds is 3. The molecule has 98 valence electrons. The summed E-state index contributed by atoms with van der Waals surface area (Å²) in [5, 5.41) is 3.78. The first-order valence-corrected chi connectivity index (χ1v) is 5.98. The predicted octanol–water partition coefficient (Wildman–Crippen LogP) is 0.490. The normalized spacial score (nSPS) is 15.7. The Morgan fingerprint density at radius 2 is 1.89 bits per heavy atom. The number of nitrogens with one attached hydrogen (secondary N) is 1. The second kappa shape index (κ2) is 5.15. The highest BCUT2D eigenvalue weighted by molar-refractivity contribution is 7.80. The summed E-state index contributed by atoms with van der Waals surface area (Å²) >= 11 is 4.59. The fourth-order valence-corrected chi connectivity index (χ4v) is 1.91. The monoisotopic (exact) mass is 276 g/mol. The fourth-order valence-electron chi connectivity index (χ4n) is 1.85. The van der Waals surface area contributed by atoms with Crippen LogP contribution in [0.25, 0.3) is 0 Å². The summed E-state index contributed by atoms with van der Waals surface area (Å²) in [7, 11) is 0. The zero-order valence-electron chi connectivity index (χ0n) is 10.2. The number of carbonyl (C=O) groups excluding carboxylic acids is 2. The molecule has 1 aliphatic rings. The molecule has 1 aromatic rings. The Labute approximate surface area is 115 Å². The third kappa shape index (κ3) is 2.45. The minimum atomic E-state index is -0.491. The minimum Gasteiger partial charge on any atom is -0.375 e. The van der Waals surface area contributed by atoms with Gasteiger partial charge in [-0.15, -0.1) is 0 Å². The topological polar surface area (TPSA) is 87.8 Å². The van der Waals surface area contributed by atoms with Gasteiger partial charge in [0.1, 0.15) is 0 Å². The Hall–Kier alpha value is -2.28. The number of amides is 2. The summed E-state index contributed by atoms with van der Waals surface area (Å²) in [6, 6.07) is 6.22. The van der Waals surface area contributed by atoms with Gasteiger partial charge in [0.05, 0.1) is 17.2 Å². The molecular weight excluding hydrogens is 264 g/mol. The molecule has 1 aromatic carbocycles. The molecular formula is C12H12N4O2S. The molecule has 0 spiro atoms. The Balaban J connectivity index is 2.20. The molecule has 3 N–H and O–H groups in total. The number of imide groups is 1. The van der Waals surface area contributed by atoms with Crippen molar-refractivity contribution in [3.05, 3.63) is 35.4 Å². The maximum Gasteiger partial charge on any atom is 0.262 e. The molecule has 7 heteroatoms. The average molecular weight is 276 g/mol. The first-order valence-electron chi connectivity index (χ1n) is 5.58. The Morgan fingerprint density at radius 3 is 2.37 bits per heavy atom. The molecule has 0 aromatic heterocycles. The second-order valence-corrected chi connectivity index (χ2v) is 4.46. The molecule has 0 saturated heterocycles. The van der Waals surface area contributed by atoms with Crippen molar-refractivity contribution in [2.24, 2.45) is 10.8 Å². The van der Waals surface area contributed by atoms with Crippen LogP contribution >= 0.6 is 12.2 Å². The Morgan fingerprint density at radius 1 is 1.37 bits per heavy atom. The Kier molecular flexibility index (Phi) is 3.57. The molecule has 0 radical (unpaired) electrons. The molecule has 1 unspecified atom stereocenters. The van der Waals surface area contributed by atoms with E-state index in [2.05, 4.69) is 22.7 Å². The van der Waals surface area contributed by atoms with Gasteiger partial charge in [-0.3, -0.25) is 19.9 Å². The molecule has 2 amide bonds. The standard InChI is InChI=1S/C12H12N4O2S/c1-7(6-14-15-12(13)19)16-10(17)8-4-2-3-5-9(8)11(16)18/h2-7H,1H3,(H3,13,15,19)/b14-6+.